The summed E-state index contributed by atoms with van der Waals surface area (Å²) >= 11 is 0. The molecule has 0 aromatic rings. The van der Waals surface area contributed by atoms with E-state index >= 15 is 0 Å². The number of carbonyl (C=O) groups excluding carboxylic acids is 3. The molecule has 0 amide bonds. The second-order valence-electron chi connectivity index (χ2n) is 6.62. The molecule has 26 heavy (non-hydrogen) atoms. The number of ether oxygens (including phenoxy) is 3. The summed E-state index contributed by atoms with van der Waals surface area (Å²) < 4.78 is 16.5. The van der Waals surface area contributed by atoms with Crippen LogP contribution in [0, 0.1) is 0 Å². The number of esters is 2. The van der Waals surface area contributed by atoms with Crippen LogP contribution in [-0.2, 0) is 28.6 Å². The maximum atomic E-state index is 11.1. The van der Waals surface area contributed by atoms with E-state index in [1.165, 1.54) is 20.8 Å². The first-order valence-electron chi connectivity index (χ1n) is 8.58. The number of carbonyl (C=O) groups is 3. The Kier molecular flexibility index (Phi) is 12.5. The first kappa shape index (κ1) is 26.3. The molecule has 0 N–H and O–H groups in total. The molecule has 4 unspecified atom stereocenters. The SMILES string of the molecule is C=CC(C)(CC(C)OC(C)=O)OC(C)(C=C)CC(C)OC(C)=O.CC=O. The zero-order chi connectivity index (χ0) is 21.0. The van der Waals surface area contributed by atoms with Crippen molar-refractivity contribution in [3.63, 3.8) is 0 Å². The standard InChI is InChI=1S/C18H30O5.C2H4O/c1-9-17(7,11-13(3)21-15(5)19)23-18(8,10-2)12-14(4)22-16(6)20;1-2-3/h9-10,13-14H,1-2,11-12H2,3-8H3;2H,1H3. The lowest BCUT2D eigenvalue weighted by Gasteiger charge is -2.39. The van der Waals surface area contributed by atoms with Crippen molar-refractivity contribution < 1.29 is 28.6 Å². The molecular formula is C20H34O6. The van der Waals surface area contributed by atoms with Crippen molar-refractivity contribution in [2.24, 2.45) is 0 Å². The fraction of sp³-hybridized carbons (Fsp3) is 0.650. The highest BCUT2D eigenvalue weighted by molar-refractivity contribution is 5.66. The van der Waals surface area contributed by atoms with E-state index in [9.17, 15) is 9.59 Å². The Morgan fingerprint density at radius 2 is 1.19 bits per heavy atom. The molecule has 0 saturated heterocycles. The van der Waals surface area contributed by atoms with Crippen molar-refractivity contribution in [1.82, 2.24) is 0 Å². The van der Waals surface area contributed by atoms with Crippen molar-refractivity contribution in [2.75, 3.05) is 0 Å². The Bertz CT molecular complexity index is 447. The van der Waals surface area contributed by atoms with Crippen LogP contribution < -0.4 is 0 Å². The van der Waals surface area contributed by atoms with Crippen LogP contribution in [0.1, 0.15) is 61.3 Å². The van der Waals surface area contributed by atoms with Gasteiger partial charge in [-0.3, -0.25) is 9.59 Å². The monoisotopic (exact) mass is 370 g/mol. The van der Waals surface area contributed by atoms with Gasteiger partial charge in [0.2, 0.25) is 0 Å². The van der Waals surface area contributed by atoms with Gasteiger partial charge in [-0.25, -0.2) is 0 Å². The third-order valence-corrected chi connectivity index (χ3v) is 3.45. The van der Waals surface area contributed by atoms with Gasteiger partial charge in [-0.1, -0.05) is 12.2 Å². The summed E-state index contributed by atoms with van der Waals surface area (Å²) in [5.41, 5.74) is -1.43. The summed E-state index contributed by atoms with van der Waals surface area (Å²) in [6.07, 6.45) is 4.42. The summed E-state index contributed by atoms with van der Waals surface area (Å²) in [6, 6.07) is 0. The van der Waals surface area contributed by atoms with E-state index in [0.717, 1.165) is 6.29 Å². The van der Waals surface area contributed by atoms with Crippen LogP contribution in [0.4, 0.5) is 0 Å². The summed E-state index contributed by atoms with van der Waals surface area (Å²) in [5, 5.41) is 0. The van der Waals surface area contributed by atoms with Crippen LogP contribution >= 0.6 is 0 Å². The molecule has 0 aliphatic carbocycles. The predicted octanol–water partition coefficient (Wildman–Crippen LogP) is 3.78. The Hall–Kier alpha value is -1.95. The van der Waals surface area contributed by atoms with Gasteiger partial charge in [0.1, 0.15) is 18.5 Å². The van der Waals surface area contributed by atoms with Crippen LogP contribution in [0.15, 0.2) is 25.3 Å². The Labute approximate surface area is 157 Å². The van der Waals surface area contributed by atoms with Crippen molar-refractivity contribution in [2.45, 2.75) is 84.7 Å². The third-order valence-electron chi connectivity index (χ3n) is 3.45. The van der Waals surface area contributed by atoms with Gasteiger partial charge in [-0.05, 0) is 34.6 Å². The second kappa shape index (κ2) is 12.4. The van der Waals surface area contributed by atoms with E-state index in [2.05, 4.69) is 13.2 Å². The van der Waals surface area contributed by atoms with Gasteiger partial charge in [0.25, 0.3) is 0 Å². The first-order valence-corrected chi connectivity index (χ1v) is 8.58. The van der Waals surface area contributed by atoms with Crippen LogP contribution in [0.3, 0.4) is 0 Å². The number of rotatable bonds is 10. The van der Waals surface area contributed by atoms with Gasteiger partial charge in [0.05, 0.1) is 11.2 Å². The van der Waals surface area contributed by atoms with E-state index in [1.807, 2.05) is 13.8 Å². The lowest BCUT2D eigenvalue weighted by molar-refractivity contribution is -0.156. The number of aldehydes is 1. The molecule has 0 aliphatic heterocycles. The Morgan fingerprint density at radius 1 is 0.923 bits per heavy atom. The predicted molar refractivity (Wildman–Crippen MR) is 102 cm³/mol. The molecule has 0 saturated carbocycles. The fourth-order valence-electron chi connectivity index (χ4n) is 2.66. The van der Waals surface area contributed by atoms with E-state index < -0.39 is 11.2 Å². The minimum absolute atomic E-state index is 0.310. The molecule has 0 radical (unpaired) electrons. The third kappa shape index (κ3) is 12.4. The van der Waals surface area contributed by atoms with Gasteiger partial charge >= 0.3 is 11.9 Å². The fourth-order valence-corrected chi connectivity index (χ4v) is 2.66. The largest absolute Gasteiger partial charge is 0.463 e. The first-order chi connectivity index (χ1) is 11.9. The maximum absolute atomic E-state index is 11.1. The quantitative estimate of drug-likeness (QED) is 0.331. The van der Waals surface area contributed by atoms with E-state index in [0.29, 0.717) is 12.8 Å². The average Bonchev–Trinajstić information content (AvgIpc) is 2.45. The highest BCUT2D eigenvalue weighted by Crippen LogP contribution is 2.31. The lowest BCUT2D eigenvalue weighted by Crippen LogP contribution is -2.42. The molecule has 0 aromatic carbocycles. The number of hydrogen-bond acceptors (Lipinski definition) is 6. The van der Waals surface area contributed by atoms with Crippen molar-refractivity contribution >= 4 is 18.2 Å². The molecule has 0 aliphatic rings. The summed E-state index contributed by atoms with van der Waals surface area (Å²) in [6.45, 7) is 19.2. The molecule has 0 aromatic heterocycles. The topological polar surface area (TPSA) is 78.9 Å². The minimum Gasteiger partial charge on any atom is -0.463 e. The molecule has 4 atom stereocenters. The average molecular weight is 370 g/mol. The van der Waals surface area contributed by atoms with Crippen molar-refractivity contribution in [3.05, 3.63) is 25.3 Å². The number of hydrogen-bond donors (Lipinski definition) is 0. The second-order valence-corrected chi connectivity index (χ2v) is 6.62. The molecule has 0 heterocycles. The van der Waals surface area contributed by atoms with Crippen molar-refractivity contribution in [1.29, 1.82) is 0 Å². The van der Waals surface area contributed by atoms with Gasteiger partial charge < -0.3 is 19.0 Å². The van der Waals surface area contributed by atoms with E-state index in [1.54, 1.807) is 26.0 Å². The van der Waals surface area contributed by atoms with E-state index in [4.69, 9.17) is 19.0 Å². The molecule has 0 fully saturated rings. The van der Waals surface area contributed by atoms with Gasteiger partial charge in [0, 0.05) is 26.7 Å². The smallest absolute Gasteiger partial charge is 0.302 e. The van der Waals surface area contributed by atoms with Crippen LogP contribution in [0.5, 0.6) is 0 Å². The van der Waals surface area contributed by atoms with Crippen molar-refractivity contribution in [3.8, 4) is 0 Å². The van der Waals surface area contributed by atoms with Gasteiger partial charge in [0.15, 0.2) is 0 Å². The minimum atomic E-state index is -0.715. The van der Waals surface area contributed by atoms with Gasteiger partial charge in [-0.2, -0.15) is 0 Å². The van der Waals surface area contributed by atoms with Crippen LogP contribution in [-0.4, -0.2) is 41.6 Å². The lowest BCUT2D eigenvalue weighted by atomic mass is 9.93. The summed E-state index contributed by atoms with van der Waals surface area (Å²) in [4.78, 5) is 30.9. The molecular weight excluding hydrogens is 336 g/mol. The zero-order valence-corrected chi connectivity index (χ0v) is 17.2. The zero-order valence-electron chi connectivity index (χ0n) is 17.2. The summed E-state index contributed by atoms with van der Waals surface area (Å²) in [5.74, 6) is -0.669. The summed E-state index contributed by atoms with van der Waals surface area (Å²) in [7, 11) is 0. The molecule has 0 spiro atoms. The molecule has 6 nitrogen and oxygen atoms in total. The molecule has 0 bridgehead atoms. The van der Waals surface area contributed by atoms with Crippen LogP contribution in [0.2, 0.25) is 0 Å². The molecule has 0 rings (SSSR count). The van der Waals surface area contributed by atoms with E-state index in [-0.39, 0.29) is 24.1 Å². The van der Waals surface area contributed by atoms with Crippen LogP contribution in [0.25, 0.3) is 0 Å². The molecule has 150 valence electrons. The Morgan fingerprint density at radius 3 is 1.38 bits per heavy atom. The Balaban J connectivity index is 0. The highest BCUT2D eigenvalue weighted by atomic mass is 16.6. The van der Waals surface area contributed by atoms with Gasteiger partial charge in [-0.15, -0.1) is 13.2 Å². The maximum Gasteiger partial charge on any atom is 0.302 e. The normalized spacial score (nSPS) is 17.0. The highest BCUT2D eigenvalue weighted by Gasteiger charge is 2.35. The molecule has 6 heteroatoms.